The molecule has 0 aliphatic heterocycles. The van der Waals surface area contributed by atoms with Gasteiger partial charge < -0.3 is 5.32 Å². The van der Waals surface area contributed by atoms with Gasteiger partial charge in [-0.3, -0.25) is 4.79 Å². The maximum Gasteiger partial charge on any atom is 0.159 e. The van der Waals surface area contributed by atoms with Crippen molar-refractivity contribution in [3.05, 3.63) is 29.8 Å². The van der Waals surface area contributed by atoms with Crippen LogP contribution in [0.3, 0.4) is 0 Å². The van der Waals surface area contributed by atoms with Gasteiger partial charge in [-0.15, -0.1) is 0 Å². The maximum absolute atomic E-state index is 11.0. The number of unbranched alkanes of at least 4 members (excludes halogenated alkanes) is 1. The van der Waals surface area contributed by atoms with E-state index in [1.807, 2.05) is 24.3 Å². The first-order chi connectivity index (χ1) is 6.74. The lowest BCUT2D eigenvalue weighted by Gasteiger charge is -2.05. The van der Waals surface area contributed by atoms with Gasteiger partial charge >= 0.3 is 0 Å². The Morgan fingerprint density at radius 1 is 1.29 bits per heavy atom. The topological polar surface area (TPSA) is 29.1 Å². The number of rotatable bonds is 5. The van der Waals surface area contributed by atoms with Crippen molar-refractivity contribution in [3.63, 3.8) is 0 Å². The lowest BCUT2D eigenvalue weighted by molar-refractivity contribution is 0.101. The van der Waals surface area contributed by atoms with E-state index in [0.29, 0.717) is 0 Å². The Kier molecular flexibility index (Phi) is 4.17. The molecule has 0 heterocycles. The zero-order valence-corrected chi connectivity index (χ0v) is 8.84. The summed E-state index contributed by atoms with van der Waals surface area (Å²) in [6.45, 7) is 4.75. The summed E-state index contributed by atoms with van der Waals surface area (Å²) < 4.78 is 0. The van der Waals surface area contributed by atoms with E-state index in [-0.39, 0.29) is 5.78 Å². The SMILES string of the molecule is CCCCNc1ccc(C(C)=O)cc1. The van der Waals surface area contributed by atoms with Gasteiger partial charge in [0.25, 0.3) is 0 Å². The molecular formula is C12H17NO. The molecule has 0 spiro atoms. The Balaban J connectivity index is 2.51. The average Bonchev–Trinajstić information content (AvgIpc) is 2.19. The minimum atomic E-state index is 0.116. The molecule has 1 aromatic carbocycles. The van der Waals surface area contributed by atoms with Gasteiger partial charge in [0.2, 0.25) is 0 Å². The normalized spacial score (nSPS) is 9.86. The predicted octanol–water partition coefficient (Wildman–Crippen LogP) is 3.10. The summed E-state index contributed by atoms with van der Waals surface area (Å²) in [5, 5.41) is 3.30. The first-order valence-corrected chi connectivity index (χ1v) is 5.09. The monoisotopic (exact) mass is 191 g/mol. The van der Waals surface area contributed by atoms with Crippen LogP contribution in [0.25, 0.3) is 0 Å². The smallest absolute Gasteiger partial charge is 0.159 e. The summed E-state index contributed by atoms with van der Waals surface area (Å²) in [5.41, 5.74) is 1.86. The van der Waals surface area contributed by atoms with Crippen molar-refractivity contribution in [2.24, 2.45) is 0 Å². The molecule has 0 bridgehead atoms. The largest absolute Gasteiger partial charge is 0.385 e. The van der Waals surface area contributed by atoms with Gasteiger partial charge in [-0.1, -0.05) is 13.3 Å². The van der Waals surface area contributed by atoms with E-state index in [9.17, 15) is 4.79 Å². The number of hydrogen-bond acceptors (Lipinski definition) is 2. The first-order valence-electron chi connectivity index (χ1n) is 5.09. The second-order valence-electron chi connectivity index (χ2n) is 3.41. The van der Waals surface area contributed by atoms with Crippen LogP contribution in [0.2, 0.25) is 0 Å². The zero-order chi connectivity index (χ0) is 10.4. The highest BCUT2D eigenvalue weighted by Gasteiger charge is 1.97. The summed E-state index contributed by atoms with van der Waals surface area (Å²) in [7, 11) is 0. The molecule has 2 heteroatoms. The van der Waals surface area contributed by atoms with E-state index < -0.39 is 0 Å². The second-order valence-corrected chi connectivity index (χ2v) is 3.41. The number of carbonyl (C=O) groups excluding carboxylic acids is 1. The van der Waals surface area contributed by atoms with Crippen molar-refractivity contribution in [1.82, 2.24) is 0 Å². The van der Waals surface area contributed by atoms with Gasteiger partial charge in [0, 0.05) is 17.8 Å². The van der Waals surface area contributed by atoms with Crippen molar-refractivity contribution in [1.29, 1.82) is 0 Å². The Hall–Kier alpha value is -1.31. The van der Waals surface area contributed by atoms with Crippen LogP contribution in [-0.4, -0.2) is 12.3 Å². The quantitative estimate of drug-likeness (QED) is 0.572. The molecule has 0 aromatic heterocycles. The molecule has 1 N–H and O–H groups in total. The fraction of sp³-hybridized carbons (Fsp3) is 0.417. The van der Waals surface area contributed by atoms with E-state index >= 15 is 0 Å². The van der Waals surface area contributed by atoms with Crippen LogP contribution in [0, 0.1) is 0 Å². The maximum atomic E-state index is 11.0. The van der Waals surface area contributed by atoms with E-state index in [4.69, 9.17) is 0 Å². The Morgan fingerprint density at radius 3 is 2.43 bits per heavy atom. The van der Waals surface area contributed by atoms with Gasteiger partial charge in [-0.25, -0.2) is 0 Å². The lowest BCUT2D eigenvalue weighted by atomic mass is 10.1. The fourth-order valence-corrected chi connectivity index (χ4v) is 1.23. The molecule has 0 amide bonds. The number of benzene rings is 1. The van der Waals surface area contributed by atoms with Crippen LogP contribution in [0.4, 0.5) is 5.69 Å². The molecule has 0 saturated carbocycles. The average molecular weight is 191 g/mol. The highest BCUT2D eigenvalue weighted by Crippen LogP contribution is 2.09. The van der Waals surface area contributed by atoms with E-state index in [1.165, 1.54) is 12.8 Å². The first kappa shape index (κ1) is 10.8. The predicted molar refractivity (Wildman–Crippen MR) is 59.8 cm³/mol. The number of anilines is 1. The van der Waals surface area contributed by atoms with Gasteiger partial charge in [0.1, 0.15) is 0 Å². The second kappa shape index (κ2) is 5.43. The van der Waals surface area contributed by atoms with Crippen LogP contribution in [0.5, 0.6) is 0 Å². The van der Waals surface area contributed by atoms with Crippen LogP contribution in [-0.2, 0) is 0 Å². The van der Waals surface area contributed by atoms with E-state index in [1.54, 1.807) is 6.92 Å². The summed E-state index contributed by atoms with van der Waals surface area (Å²) in [6, 6.07) is 7.62. The molecule has 2 nitrogen and oxygen atoms in total. The molecule has 76 valence electrons. The highest BCUT2D eigenvalue weighted by atomic mass is 16.1. The molecular weight excluding hydrogens is 174 g/mol. The van der Waals surface area contributed by atoms with Crippen LogP contribution in [0.1, 0.15) is 37.0 Å². The third-order valence-corrected chi connectivity index (χ3v) is 2.15. The van der Waals surface area contributed by atoms with Gasteiger partial charge in [-0.2, -0.15) is 0 Å². The number of hydrogen-bond donors (Lipinski definition) is 1. The molecule has 0 aliphatic carbocycles. The molecule has 0 atom stereocenters. The Morgan fingerprint density at radius 2 is 1.93 bits per heavy atom. The zero-order valence-electron chi connectivity index (χ0n) is 8.84. The van der Waals surface area contributed by atoms with Crippen molar-refractivity contribution in [2.75, 3.05) is 11.9 Å². The Labute approximate surface area is 85.3 Å². The van der Waals surface area contributed by atoms with Crippen LogP contribution < -0.4 is 5.32 Å². The molecule has 0 aliphatic rings. The van der Waals surface area contributed by atoms with Crippen molar-refractivity contribution in [3.8, 4) is 0 Å². The number of nitrogens with one attached hydrogen (secondary N) is 1. The summed E-state index contributed by atoms with van der Waals surface area (Å²) in [4.78, 5) is 11.0. The number of carbonyl (C=O) groups is 1. The Bertz CT molecular complexity index is 290. The molecule has 0 radical (unpaired) electrons. The molecule has 0 fully saturated rings. The molecule has 1 rings (SSSR count). The summed E-state index contributed by atoms with van der Waals surface area (Å²) in [6.07, 6.45) is 2.37. The van der Waals surface area contributed by atoms with Crippen molar-refractivity contribution < 1.29 is 4.79 Å². The van der Waals surface area contributed by atoms with Gasteiger partial charge in [0.05, 0.1) is 0 Å². The summed E-state index contributed by atoms with van der Waals surface area (Å²) in [5.74, 6) is 0.116. The van der Waals surface area contributed by atoms with Gasteiger partial charge in [-0.05, 0) is 37.6 Å². The molecule has 0 saturated heterocycles. The van der Waals surface area contributed by atoms with Gasteiger partial charge in [0.15, 0.2) is 5.78 Å². The van der Waals surface area contributed by atoms with Crippen LogP contribution in [0.15, 0.2) is 24.3 Å². The number of ketones is 1. The van der Waals surface area contributed by atoms with E-state index in [2.05, 4.69) is 12.2 Å². The van der Waals surface area contributed by atoms with Crippen molar-refractivity contribution in [2.45, 2.75) is 26.7 Å². The number of Topliss-reactive ketones (excluding diaryl/α,β-unsaturated/α-hetero) is 1. The van der Waals surface area contributed by atoms with Crippen LogP contribution >= 0.6 is 0 Å². The van der Waals surface area contributed by atoms with E-state index in [0.717, 1.165) is 17.8 Å². The third-order valence-electron chi connectivity index (χ3n) is 2.15. The highest BCUT2D eigenvalue weighted by molar-refractivity contribution is 5.94. The minimum absolute atomic E-state index is 0.116. The lowest BCUT2D eigenvalue weighted by Crippen LogP contribution is -2.01. The fourth-order valence-electron chi connectivity index (χ4n) is 1.23. The van der Waals surface area contributed by atoms with Crippen molar-refractivity contribution >= 4 is 11.5 Å². The molecule has 0 unspecified atom stereocenters. The standard InChI is InChI=1S/C12H17NO/c1-3-4-9-13-12-7-5-11(6-8-12)10(2)14/h5-8,13H,3-4,9H2,1-2H3. The molecule has 1 aromatic rings. The third kappa shape index (κ3) is 3.21. The molecule has 14 heavy (non-hydrogen) atoms. The minimum Gasteiger partial charge on any atom is -0.385 e. The summed E-state index contributed by atoms with van der Waals surface area (Å²) >= 11 is 0.